The van der Waals surface area contributed by atoms with Crippen LogP contribution in [0.15, 0.2) is 29.2 Å². The van der Waals surface area contributed by atoms with Crippen LogP contribution >= 0.6 is 23.4 Å². The molecule has 4 heteroatoms. The SMILES string of the molecule is CNC(CCCC1CCCO1)CSc1cccc(Cl)c1. The number of ether oxygens (including phenoxy) is 1. The Morgan fingerprint density at radius 3 is 3.10 bits per heavy atom. The van der Waals surface area contributed by atoms with Crippen molar-refractivity contribution in [2.75, 3.05) is 19.4 Å². The summed E-state index contributed by atoms with van der Waals surface area (Å²) in [6, 6.07) is 8.64. The Kier molecular flexibility index (Phi) is 7.22. The molecular formula is C16H24ClNOS. The molecule has 112 valence electrons. The standard InChI is InChI=1S/C16H24ClNOS/c1-18-14(6-3-7-15-8-4-10-19-15)12-20-16-9-2-5-13(17)11-16/h2,5,9,11,14-15,18H,3-4,6-8,10,12H2,1H3. The van der Waals surface area contributed by atoms with E-state index in [9.17, 15) is 0 Å². The highest BCUT2D eigenvalue weighted by Crippen LogP contribution is 2.24. The maximum Gasteiger partial charge on any atom is 0.0576 e. The zero-order valence-electron chi connectivity index (χ0n) is 12.1. The zero-order chi connectivity index (χ0) is 14.2. The normalized spacial score (nSPS) is 20.2. The van der Waals surface area contributed by atoms with Gasteiger partial charge in [0, 0.05) is 28.3 Å². The number of nitrogens with one attached hydrogen (secondary N) is 1. The second-order valence-electron chi connectivity index (χ2n) is 5.32. The molecule has 2 rings (SSSR count). The van der Waals surface area contributed by atoms with Crippen LogP contribution in [-0.2, 0) is 4.74 Å². The quantitative estimate of drug-likeness (QED) is 0.720. The fourth-order valence-electron chi connectivity index (χ4n) is 2.53. The first-order valence-corrected chi connectivity index (χ1v) is 8.81. The first-order chi connectivity index (χ1) is 9.78. The van der Waals surface area contributed by atoms with Crippen LogP contribution in [0.5, 0.6) is 0 Å². The molecule has 2 unspecified atom stereocenters. The Labute approximate surface area is 131 Å². The fraction of sp³-hybridized carbons (Fsp3) is 0.625. The number of halogens is 1. The van der Waals surface area contributed by atoms with Crippen molar-refractivity contribution in [1.82, 2.24) is 5.32 Å². The van der Waals surface area contributed by atoms with Gasteiger partial charge in [-0.3, -0.25) is 0 Å². The summed E-state index contributed by atoms with van der Waals surface area (Å²) in [5, 5.41) is 4.23. The maximum atomic E-state index is 6.01. The van der Waals surface area contributed by atoms with E-state index in [1.165, 1.54) is 37.0 Å². The zero-order valence-corrected chi connectivity index (χ0v) is 13.7. The van der Waals surface area contributed by atoms with Gasteiger partial charge in [0.15, 0.2) is 0 Å². The average Bonchev–Trinajstić information content (AvgIpc) is 2.96. The molecule has 2 atom stereocenters. The van der Waals surface area contributed by atoms with Crippen molar-refractivity contribution in [2.24, 2.45) is 0 Å². The number of hydrogen-bond donors (Lipinski definition) is 1. The first-order valence-electron chi connectivity index (χ1n) is 7.45. The molecule has 0 saturated carbocycles. The lowest BCUT2D eigenvalue weighted by molar-refractivity contribution is 0.101. The van der Waals surface area contributed by atoms with E-state index in [2.05, 4.69) is 18.4 Å². The average molecular weight is 314 g/mol. The minimum atomic E-state index is 0.521. The van der Waals surface area contributed by atoms with Gasteiger partial charge >= 0.3 is 0 Å². The summed E-state index contributed by atoms with van der Waals surface area (Å²) in [7, 11) is 2.05. The van der Waals surface area contributed by atoms with Gasteiger partial charge in [-0.25, -0.2) is 0 Å². The van der Waals surface area contributed by atoms with Gasteiger partial charge in [0.1, 0.15) is 0 Å². The van der Waals surface area contributed by atoms with Crippen LogP contribution in [0.4, 0.5) is 0 Å². The first kappa shape index (κ1) is 16.2. The van der Waals surface area contributed by atoms with Crippen LogP contribution in [0, 0.1) is 0 Å². The van der Waals surface area contributed by atoms with Crippen molar-refractivity contribution in [3.63, 3.8) is 0 Å². The summed E-state index contributed by atoms with van der Waals surface area (Å²) in [4.78, 5) is 1.25. The van der Waals surface area contributed by atoms with E-state index in [1.807, 2.05) is 30.0 Å². The number of hydrogen-bond acceptors (Lipinski definition) is 3. The monoisotopic (exact) mass is 313 g/mol. The van der Waals surface area contributed by atoms with Gasteiger partial charge in [-0.1, -0.05) is 17.7 Å². The number of thioether (sulfide) groups is 1. The van der Waals surface area contributed by atoms with Gasteiger partial charge in [-0.2, -0.15) is 0 Å². The fourth-order valence-corrected chi connectivity index (χ4v) is 3.90. The third-order valence-electron chi connectivity index (χ3n) is 3.76. The van der Waals surface area contributed by atoms with Gasteiger partial charge < -0.3 is 10.1 Å². The number of benzene rings is 1. The Balaban J connectivity index is 1.66. The van der Waals surface area contributed by atoms with Crippen molar-refractivity contribution in [3.05, 3.63) is 29.3 Å². The molecule has 1 fully saturated rings. The summed E-state index contributed by atoms with van der Waals surface area (Å²) in [5.74, 6) is 1.09. The maximum absolute atomic E-state index is 6.01. The molecule has 1 saturated heterocycles. The summed E-state index contributed by atoms with van der Waals surface area (Å²) < 4.78 is 5.67. The summed E-state index contributed by atoms with van der Waals surface area (Å²) >= 11 is 7.88. The highest BCUT2D eigenvalue weighted by Gasteiger charge is 2.15. The molecule has 20 heavy (non-hydrogen) atoms. The minimum absolute atomic E-state index is 0.521. The summed E-state index contributed by atoms with van der Waals surface area (Å²) in [6.45, 7) is 0.963. The molecule has 0 aliphatic carbocycles. The molecule has 2 nitrogen and oxygen atoms in total. The smallest absolute Gasteiger partial charge is 0.0576 e. The molecule has 0 bridgehead atoms. The van der Waals surface area contributed by atoms with Gasteiger partial charge in [-0.15, -0.1) is 11.8 Å². The second-order valence-corrected chi connectivity index (χ2v) is 6.85. The minimum Gasteiger partial charge on any atom is -0.378 e. The van der Waals surface area contributed by atoms with Crippen molar-refractivity contribution in [3.8, 4) is 0 Å². The Hall–Kier alpha value is -0.220. The van der Waals surface area contributed by atoms with Crippen LogP contribution in [0.1, 0.15) is 32.1 Å². The van der Waals surface area contributed by atoms with Crippen molar-refractivity contribution >= 4 is 23.4 Å². The summed E-state index contributed by atoms with van der Waals surface area (Å²) in [5.41, 5.74) is 0. The largest absolute Gasteiger partial charge is 0.378 e. The van der Waals surface area contributed by atoms with E-state index in [4.69, 9.17) is 16.3 Å². The number of rotatable bonds is 8. The Bertz CT molecular complexity index is 396. The van der Waals surface area contributed by atoms with Gasteiger partial charge in [-0.05, 0) is 57.4 Å². The second kappa shape index (κ2) is 8.93. The predicted molar refractivity (Wildman–Crippen MR) is 87.8 cm³/mol. The molecule has 0 amide bonds. The van der Waals surface area contributed by atoms with Crippen LogP contribution in [0.2, 0.25) is 5.02 Å². The van der Waals surface area contributed by atoms with Crippen LogP contribution < -0.4 is 5.32 Å². The van der Waals surface area contributed by atoms with Crippen molar-refractivity contribution < 1.29 is 4.74 Å². The molecule has 1 aliphatic heterocycles. The lowest BCUT2D eigenvalue weighted by Crippen LogP contribution is -2.27. The lowest BCUT2D eigenvalue weighted by Gasteiger charge is -2.17. The van der Waals surface area contributed by atoms with Gasteiger partial charge in [0.2, 0.25) is 0 Å². The molecule has 1 aliphatic rings. The highest BCUT2D eigenvalue weighted by atomic mass is 35.5. The Morgan fingerprint density at radius 1 is 1.50 bits per heavy atom. The van der Waals surface area contributed by atoms with Crippen LogP contribution in [0.3, 0.4) is 0 Å². The molecular weight excluding hydrogens is 290 g/mol. The molecule has 0 spiro atoms. The van der Waals surface area contributed by atoms with Crippen molar-refractivity contribution in [2.45, 2.75) is 49.1 Å². The van der Waals surface area contributed by atoms with Gasteiger partial charge in [0.05, 0.1) is 6.10 Å². The van der Waals surface area contributed by atoms with E-state index in [0.717, 1.165) is 17.4 Å². The van der Waals surface area contributed by atoms with E-state index in [1.54, 1.807) is 0 Å². The molecule has 1 heterocycles. The van der Waals surface area contributed by atoms with E-state index < -0.39 is 0 Å². The van der Waals surface area contributed by atoms with Crippen molar-refractivity contribution in [1.29, 1.82) is 0 Å². The van der Waals surface area contributed by atoms with Crippen LogP contribution in [0.25, 0.3) is 0 Å². The summed E-state index contributed by atoms with van der Waals surface area (Å²) in [6.07, 6.45) is 6.68. The van der Waals surface area contributed by atoms with Crippen LogP contribution in [-0.4, -0.2) is 31.6 Å². The molecule has 1 N–H and O–H groups in total. The lowest BCUT2D eigenvalue weighted by atomic mass is 10.1. The van der Waals surface area contributed by atoms with E-state index in [-0.39, 0.29) is 0 Å². The molecule has 0 radical (unpaired) electrons. The highest BCUT2D eigenvalue weighted by molar-refractivity contribution is 7.99. The van der Waals surface area contributed by atoms with Gasteiger partial charge in [0.25, 0.3) is 0 Å². The predicted octanol–water partition coefficient (Wildman–Crippen LogP) is 4.37. The molecule has 1 aromatic carbocycles. The topological polar surface area (TPSA) is 21.3 Å². The van der Waals surface area contributed by atoms with E-state index >= 15 is 0 Å². The molecule has 0 aromatic heterocycles. The molecule has 1 aromatic rings. The Morgan fingerprint density at radius 2 is 2.40 bits per heavy atom. The third-order valence-corrected chi connectivity index (χ3v) is 5.15. The van der Waals surface area contributed by atoms with E-state index in [0.29, 0.717) is 12.1 Å². The third kappa shape index (κ3) is 5.65.